The second-order valence-corrected chi connectivity index (χ2v) is 3.83. The first-order valence-electron chi connectivity index (χ1n) is 5.09. The van der Waals surface area contributed by atoms with Crippen molar-refractivity contribution < 1.29 is 9.53 Å². The lowest BCUT2D eigenvalue weighted by Crippen LogP contribution is -2.44. The number of benzene rings is 1. The van der Waals surface area contributed by atoms with Gasteiger partial charge >= 0.3 is 0 Å². The number of amides is 1. The highest BCUT2D eigenvalue weighted by Crippen LogP contribution is 2.12. The maximum absolute atomic E-state index is 11.3. The number of hydrazine groups is 1. The molecule has 0 radical (unpaired) electrons. The number of thiocarbonyl (C=S) groups is 1. The summed E-state index contributed by atoms with van der Waals surface area (Å²) in [4.78, 5) is 11.3. The summed E-state index contributed by atoms with van der Waals surface area (Å²) in [6, 6.07) is 7.57. The molecule has 4 N–H and O–H groups in total. The van der Waals surface area contributed by atoms with Gasteiger partial charge < -0.3 is 10.5 Å². The van der Waals surface area contributed by atoms with Crippen molar-refractivity contribution in [3.8, 4) is 5.75 Å². The highest BCUT2D eigenvalue weighted by atomic mass is 32.1. The molecule has 0 atom stereocenters. The average Bonchev–Trinajstić information content (AvgIpc) is 2.34. The van der Waals surface area contributed by atoms with Crippen molar-refractivity contribution in [1.29, 1.82) is 0 Å². The molecule has 0 saturated carbocycles. The second kappa shape index (κ2) is 6.70. The quantitative estimate of drug-likeness (QED) is 0.538. The monoisotopic (exact) mass is 253 g/mol. The lowest BCUT2D eigenvalue weighted by Gasteiger charge is -2.06. The molecule has 0 aromatic heterocycles. The third kappa shape index (κ3) is 5.17. The van der Waals surface area contributed by atoms with Gasteiger partial charge in [-0.1, -0.05) is 12.1 Å². The van der Waals surface area contributed by atoms with Crippen LogP contribution < -0.4 is 21.3 Å². The standard InChI is InChI=1S/C11H15N3O2S/c1-16-9-5-2-8(3-6-9)4-7-10(15)13-14-11(12)17/h2-3,5-6H,4,7H2,1H3,(H,13,15)(H3,12,14,17). The van der Waals surface area contributed by atoms with Gasteiger partial charge in [0.25, 0.3) is 0 Å². The summed E-state index contributed by atoms with van der Waals surface area (Å²) in [6.07, 6.45) is 1.01. The predicted molar refractivity (Wildman–Crippen MR) is 69.4 cm³/mol. The molecule has 0 aliphatic heterocycles. The number of rotatable bonds is 4. The number of nitrogens with two attached hydrogens (primary N) is 1. The molecular formula is C11H15N3O2S. The van der Waals surface area contributed by atoms with Crippen LogP contribution >= 0.6 is 12.2 Å². The summed E-state index contributed by atoms with van der Waals surface area (Å²) in [6.45, 7) is 0. The Balaban J connectivity index is 2.34. The Kier molecular flexibility index (Phi) is 5.22. The molecule has 92 valence electrons. The Morgan fingerprint density at radius 1 is 1.35 bits per heavy atom. The van der Waals surface area contributed by atoms with E-state index in [0.717, 1.165) is 11.3 Å². The molecule has 1 amide bonds. The van der Waals surface area contributed by atoms with Gasteiger partial charge in [-0.25, -0.2) is 0 Å². The summed E-state index contributed by atoms with van der Waals surface area (Å²) in [7, 11) is 1.61. The van der Waals surface area contributed by atoms with E-state index in [1.807, 2.05) is 24.3 Å². The first-order chi connectivity index (χ1) is 8.11. The van der Waals surface area contributed by atoms with Gasteiger partial charge in [-0.05, 0) is 36.3 Å². The Bertz CT molecular complexity index is 392. The Morgan fingerprint density at radius 2 is 2.00 bits per heavy atom. The smallest absolute Gasteiger partial charge is 0.238 e. The van der Waals surface area contributed by atoms with Gasteiger partial charge in [0, 0.05) is 6.42 Å². The topological polar surface area (TPSA) is 76.4 Å². The van der Waals surface area contributed by atoms with Gasteiger partial charge in [0.05, 0.1) is 7.11 Å². The molecule has 1 aromatic rings. The van der Waals surface area contributed by atoms with Crippen LogP contribution in [0.3, 0.4) is 0 Å². The molecule has 0 aliphatic carbocycles. The van der Waals surface area contributed by atoms with E-state index in [4.69, 9.17) is 10.5 Å². The van der Waals surface area contributed by atoms with Gasteiger partial charge in [-0.2, -0.15) is 0 Å². The minimum atomic E-state index is -0.159. The molecule has 0 saturated heterocycles. The van der Waals surface area contributed by atoms with E-state index in [9.17, 15) is 4.79 Å². The molecule has 0 heterocycles. The highest BCUT2D eigenvalue weighted by molar-refractivity contribution is 7.80. The number of carbonyl (C=O) groups is 1. The van der Waals surface area contributed by atoms with E-state index in [-0.39, 0.29) is 11.0 Å². The van der Waals surface area contributed by atoms with Crippen molar-refractivity contribution in [1.82, 2.24) is 10.9 Å². The van der Waals surface area contributed by atoms with Gasteiger partial charge in [-0.3, -0.25) is 15.6 Å². The van der Waals surface area contributed by atoms with Crippen molar-refractivity contribution >= 4 is 23.2 Å². The number of hydrogen-bond acceptors (Lipinski definition) is 3. The SMILES string of the molecule is COc1ccc(CCC(=O)NNC(N)=S)cc1. The fraction of sp³-hybridized carbons (Fsp3) is 0.273. The lowest BCUT2D eigenvalue weighted by atomic mass is 10.1. The summed E-state index contributed by atoms with van der Waals surface area (Å²) >= 11 is 4.56. The molecular weight excluding hydrogens is 238 g/mol. The normalized spacial score (nSPS) is 9.47. The van der Waals surface area contributed by atoms with Crippen LogP contribution in [-0.4, -0.2) is 18.1 Å². The summed E-state index contributed by atoms with van der Waals surface area (Å²) < 4.78 is 5.04. The van der Waals surface area contributed by atoms with E-state index < -0.39 is 0 Å². The van der Waals surface area contributed by atoms with E-state index in [1.54, 1.807) is 7.11 Å². The average molecular weight is 253 g/mol. The van der Waals surface area contributed by atoms with Crippen molar-refractivity contribution in [2.24, 2.45) is 5.73 Å². The summed E-state index contributed by atoms with van der Waals surface area (Å²) in [5.74, 6) is 0.641. The third-order valence-corrected chi connectivity index (χ3v) is 2.23. The zero-order valence-electron chi connectivity index (χ0n) is 9.53. The number of ether oxygens (including phenoxy) is 1. The van der Waals surface area contributed by atoms with Crippen LogP contribution in [0.5, 0.6) is 5.75 Å². The minimum Gasteiger partial charge on any atom is -0.497 e. The van der Waals surface area contributed by atoms with Gasteiger partial charge in [-0.15, -0.1) is 0 Å². The molecule has 0 aliphatic rings. The molecule has 1 aromatic carbocycles. The van der Waals surface area contributed by atoms with E-state index in [0.29, 0.717) is 12.8 Å². The van der Waals surface area contributed by atoms with Crippen molar-refractivity contribution in [2.45, 2.75) is 12.8 Å². The number of methoxy groups -OCH3 is 1. The molecule has 0 fully saturated rings. The first-order valence-corrected chi connectivity index (χ1v) is 5.50. The van der Waals surface area contributed by atoms with E-state index in [1.165, 1.54) is 0 Å². The minimum absolute atomic E-state index is 0.0443. The Hall–Kier alpha value is -1.82. The van der Waals surface area contributed by atoms with Crippen LogP contribution in [-0.2, 0) is 11.2 Å². The Morgan fingerprint density at radius 3 is 2.53 bits per heavy atom. The molecule has 0 bridgehead atoms. The maximum Gasteiger partial charge on any atom is 0.238 e. The zero-order chi connectivity index (χ0) is 12.7. The van der Waals surface area contributed by atoms with Gasteiger partial charge in [0.2, 0.25) is 5.91 Å². The van der Waals surface area contributed by atoms with Crippen LogP contribution in [0.1, 0.15) is 12.0 Å². The van der Waals surface area contributed by atoms with Crippen molar-refractivity contribution in [2.75, 3.05) is 7.11 Å². The van der Waals surface area contributed by atoms with Crippen LogP contribution in [0.4, 0.5) is 0 Å². The summed E-state index contributed by atoms with van der Waals surface area (Å²) in [5.41, 5.74) is 11.0. The summed E-state index contributed by atoms with van der Waals surface area (Å²) in [5, 5.41) is 0.0443. The molecule has 1 rings (SSSR count). The zero-order valence-corrected chi connectivity index (χ0v) is 10.3. The fourth-order valence-corrected chi connectivity index (χ4v) is 1.29. The number of carbonyl (C=O) groups excluding carboxylic acids is 1. The van der Waals surface area contributed by atoms with Crippen molar-refractivity contribution in [3.05, 3.63) is 29.8 Å². The molecule has 0 spiro atoms. The second-order valence-electron chi connectivity index (χ2n) is 3.39. The first kappa shape index (κ1) is 13.2. The number of aryl methyl sites for hydroxylation is 1. The van der Waals surface area contributed by atoms with Gasteiger partial charge in [0.15, 0.2) is 5.11 Å². The highest BCUT2D eigenvalue weighted by Gasteiger charge is 2.02. The van der Waals surface area contributed by atoms with Crippen LogP contribution in [0.2, 0.25) is 0 Å². The number of nitrogens with one attached hydrogen (secondary N) is 2. The molecule has 5 nitrogen and oxygen atoms in total. The van der Waals surface area contributed by atoms with Crippen LogP contribution in [0.15, 0.2) is 24.3 Å². The predicted octanol–water partition coefficient (Wildman–Crippen LogP) is 0.492. The molecule has 0 unspecified atom stereocenters. The largest absolute Gasteiger partial charge is 0.497 e. The van der Waals surface area contributed by atoms with Crippen LogP contribution in [0, 0.1) is 0 Å². The van der Waals surface area contributed by atoms with E-state index in [2.05, 4.69) is 23.1 Å². The Labute approximate surface area is 105 Å². The molecule has 6 heteroatoms. The van der Waals surface area contributed by atoms with Crippen LogP contribution in [0.25, 0.3) is 0 Å². The fourth-order valence-electron chi connectivity index (χ4n) is 1.24. The molecule has 17 heavy (non-hydrogen) atoms. The van der Waals surface area contributed by atoms with Gasteiger partial charge in [0.1, 0.15) is 5.75 Å². The lowest BCUT2D eigenvalue weighted by molar-refractivity contribution is -0.121. The number of hydrogen-bond donors (Lipinski definition) is 3. The van der Waals surface area contributed by atoms with Crippen molar-refractivity contribution in [3.63, 3.8) is 0 Å². The maximum atomic E-state index is 11.3. The third-order valence-electron chi connectivity index (χ3n) is 2.12. The van der Waals surface area contributed by atoms with E-state index >= 15 is 0 Å².